The maximum Gasteiger partial charge on any atom is 0.151 e. The van der Waals surface area contributed by atoms with Crippen molar-refractivity contribution < 1.29 is 4.74 Å². The third-order valence-corrected chi connectivity index (χ3v) is 5.94. The molecule has 1 aromatic heterocycles. The molecule has 4 rings (SSSR count). The number of hydrogen-bond donors (Lipinski definition) is 4. The highest BCUT2D eigenvalue weighted by Crippen LogP contribution is 2.37. The number of nitrogens with zero attached hydrogens (tertiary/aromatic N) is 3. The zero-order valence-electron chi connectivity index (χ0n) is 16.6. The Morgan fingerprint density at radius 1 is 1.31 bits per heavy atom. The fraction of sp³-hybridized carbons (Fsp3) is 0.381. The molecule has 8 nitrogen and oxygen atoms in total. The number of nitrogen functional groups attached to an aromatic ring is 1. The highest BCUT2D eigenvalue weighted by Gasteiger charge is 2.42. The highest BCUT2D eigenvalue weighted by molar-refractivity contribution is 6.15. The summed E-state index contributed by atoms with van der Waals surface area (Å²) in [5, 5.41) is 20.9. The summed E-state index contributed by atoms with van der Waals surface area (Å²) in [6.45, 7) is 2.63. The van der Waals surface area contributed by atoms with Crippen molar-refractivity contribution >= 4 is 29.0 Å². The lowest BCUT2D eigenvalue weighted by Gasteiger charge is -2.48. The summed E-state index contributed by atoms with van der Waals surface area (Å²) in [6.07, 6.45) is 5.85. The number of ether oxygens (including phenoxy) is 1. The van der Waals surface area contributed by atoms with Crippen molar-refractivity contribution in [2.24, 2.45) is 12.8 Å². The van der Waals surface area contributed by atoms with Gasteiger partial charge in [-0.05, 0) is 30.5 Å². The number of piperidine rings is 1. The van der Waals surface area contributed by atoms with E-state index >= 15 is 0 Å². The van der Waals surface area contributed by atoms with Crippen molar-refractivity contribution in [2.45, 2.75) is 24.9 Å². The van der Waals surface area contributed by atoms with E-state index in [1.807, 2.05) is 13.1 Å². The summed E-state index contributed by atoms with van der Waals surface area (Å²) >= 11 is 0. The maximum atomic E-state index is 8.76. The number of anilines is 2. The number of nitrogens with two attached hydrogens (primary N) is 2. The fourth-order valence-corrected chi connectivity index (χ4v) is 4.16. The molecule has 0 aliphatic carbocycles. The Labute approximate surface area is 170 Å². The van der Waals surface area contributed by atoms with Crippen LogP contribution in [0.3, 0.4) is 0 Å². The van der Waals surface area contributed by atoms with E-state index in [4.69, 9.17) is 27.0 Å². The standard InChI is InChI=1S/C21H27N7O/c1-27-18(10-19(26-27)28-7-2-5-21(13-28)6-8-29-21)20(25)16-9-14(3-4-17(16)24)15(11-22)12-23/h3-4,9-12,22,25H,2,5-8,13,23-24H2,1H3/b15-12+,22-11?,25-20?. The topological polar surface area (TPSA) is 130 Å². The second-order valence-corrected chi connectivity index (χ2v) is 7.76. The van der Waals surface area contributed by atoms with Crippen LogP contribution in [0.25, 0.3) is 5.57 Å². The monoisotopic (exact) mass is 393 g/mol. The first-order chi connectivity index (χ1) is 14.0. The molecule has 29 heavy (non-hydrogen) atoms. The van der Waals surface area contributed by atoms with Crippen LogP contribution < -0.4 is 16.4 Å². The van der Waals surface area contributed by atoms with Gasteiger partial charge < -0.3 is 26.5 Å². The lowest BCUT2D eigenvalue weighted by Crippen LogP contribution is -2.56. The quantitative estimate of drug-likeness (QED) is 0.457. The number of rotatable bonds is 5. The molecule has 1 spiro atoms. The van der Waals surface area contributed by atoms with Gasteiger partial charge in [0.1, 0.15) is 0 Å². The van der Waals surface area contributed by atoms with Crippen molar-refractivity contribution in [3.05, 3.63) is 47.3 Å². The smallest absolute Gasteiger partial charge is 0.151 e. The first-order valence-electron chi connectivity index (χ1n) is 9.81. The average Bonchev–Trinajstić information content (AvgIpc) is 3.10. The Bertz CT molecular complexity index is 987. The molecule has 2 aliphatic heterocycles. The largest absolute Gasteiger partial charge is 0.404 e. The normalized spacial score (nSPS) is 21.8. The molecule has 2 aromatic rings. The second-order valence-electron chi connectivity index (χ2n) is 7.76. The van der Waals surface area contributed by atoms with E-state index in [0.29, 0.717) is 28.2 Å². The number of nitrogens with one attached hydrogen (secondary N) is 2. The van der Waals surface area contributed by atoms with Gasteiger partial charge in [0, 0.05) is 61.9 Å². The van der Waals surface area contributed by atoms with Gasteiger partial charge in [0.15, 0.2) is 5.82 Å². The van der Waals surface area contributed by atoms with Crippen LogP contribution in [-0.4, -0.2) is 47.0 Å². The predicted molar refractivity (Wildman–Crippen MR) is 116 cm³/mol. The Morgan fingerprint density at radius 2 is 2.10 bits per heavy atom. The molecule has 1 atom stereocenters. The molecule has 0 saturated carbocycles. The SMILES string of the molecule is Cn1nc(N2CCCC3(CCO3)C2)cc1C(=N)c1cc(/C(C=N)=C/N)ccc1N. The minimum Gasteiger partial charge on any atom is -0.404 e. The van der Waals surface area contributed by atoms with E-state index in [1.165, 1.54) is 12.4 Å². The van der Waals surface area contributed by atoms with Gasteiger partial charge in [-0.1, -0.05) is 6.07 Å². The lowest BCUT2D eigenvalue weighted by molar-refractivity contribution is -0.151. The molecule has 0 amide bonds. The van der Waals surface area contributed by atoms with E-state index in [-0.39, 0.29) is 5.60 Å². The van der Waals surface area contributed by atoms with Gasteiger partial charge in [0.25, 0.3) is 0 Å². The van der Waals surface area contributed by atoms with Crippen molar-refractivity contribution in [1.82, 2.24) is 9.78 Å². The van der Waals surface area contributed by atoms with Gasteiger partial charge in [0.2, 0.25) is 0 Å². The van der Waals surface area contributed by atoms with E-state index in [9.17, 15) is 0 Å². The Balaban J connectivity index is 1.63. The second kappa shape index (κ2) is 7.36. The third kappa shape index (κ3) is 3.40. The number of allylic oxidation sites excluding steroid dienone is 1. The van der Waals surface area contributed by atoms with Crippen molar-refractivity contribution in [1.29, 1.82) is 10.8 Å². The molecular formula is C21H27N7O. The zero-order chi connectivity index (χ0) is 20.6. The molecule has 0 bridgehead atoms. The summed E-state index contributed by atoms with van der Waals surface area (Å²) < 4.78 is 7.59. The summed E-state index contributed by atoms with van der Waals surface area (Å²) in [5.41, 5.74) is 15.2. The Morgan fingerprint density at radius 3 is 2.76 bits per heavy atom. The molecule has 8 heteroatoms. The average molecular weight is 393 g/mol. The van der Waals surface area contributed by atoms with Gasteiger partial charge in [-0.15, -0.1) is 0 Å². The van der Waals surface area contributed by atoms with E-state index in [2.05, 4.69) is 10.00 Å². The molecule has 2 aliphatic rings. The summed E-state index contributed by atoms with van der Waals surface area (Å²) in [5.74, 6) is 0.860. The third-order valence-electron chi connectivity index (χ3n) is 5.94. The summed E-state index contributed by atoms with van der Waals surface area (Å²) in [7, 11) is 1.84. The lowest BCUT2D eigenvalue weighted by atomic mass is 9.86. The number of benzene rings is 1. The van der Waals surface area contributed by atoms with Crippen LogP contribution in [0.2, 0.25) is 0 Å². The number of aromatic nitrogens is 2. The molecule has 152 valence electrons. The van der Waals surface area contributed by atoms with Crippen LogP contribution >= 0.6 is 0 Å². The minimum absolute atomic E-state index is 0.0140. The first kappa shape index (κ1) is 19.2. The van der Waals surface area contributed by atoms with Gasteiger partial charge in [-0.3, -0.25) is 10.1 Å². The van der Waals surface area contributed by atoms with E-state index in [0.717, 1.165) is 50.3 Å². The molecular weight excluding hydrogens is 366 g/mol. The van der Waals surface area contributed by atoms with Crippen molar-refractivity contribution in [2.75, 3.05) is 30.3 Å². The van der Waals surface area contributed by atoms with Gasteiger partial charge in [-0.25, -0.2) is 0 Å². The van der Waals surface area contributed by atoms with Gasteiger partial charge in [0.05, 0.1) is 23.6 Å². The predicted octanol–water partition coefficient (Wildman–Crippen LogP) is 2.13. The number of hydrogen-bond acceptors (Lipinski definition) is 7. The van der Waals surface area contributed by atoms with Crippen LogP contribution in [0.5, 0.6) is 0 Å². The Kier molecular flexibility index (Phi) is 4.87. The van der Waals surface area contributed by atoms with Crippen LogP contribution in [0.15, 0.2) is 30.5 Å². The highest BCUT2D eigenvalue weighted by atomic mass is 16.5. The molecule has 1 unspecified atom stereocenters. The van der Waals surface area contributed by atoms with Crippen molar-refractivity contribution in [3.63, 3.8) is 0 Å². The molecule has 3 heterocycles. The molecule has 6 N–H and O–H groups in total. The summed E-state index contributed by atoms with van der Waals surface area (Å²) in [4.78, 5) is 2.25. The van der Waals surface area contributed by atoms with Crippen molar-refractivity contribution in [3.8, 4) is 0 Å². The minimum atomic E-state index is -0.0140. The Hall–Kier alpha value is -3.13. The van der Waals surface area contributed by atoms with E-state index in [1.54, 1.807) is 22.9 Å². The fourth-order valence-electron chi connectivity index (χ4n) is 4.16. The van der Waals surface area contributed by atoms with Gasteiger partial charge >= 0.3 is 0 Å². The maximum absolute atomic E-state index is 8.76. The first-order valence-corrected chi connectivity index (χ1v) is 9.81. The summed E-state index contributed by atoms with van der Waals surface area (Å²) in [6, 6.07) is 7.29. The van der Waals surface area contributed by atoms with Crippen LogP contribution in [0, 0.1) is 10.8 Å². The van der Waals surface area contributed by atoms with E-state index < -0.39 is 0 Å². The molecule has 0 radical (unpaired) electrons. The van der Waals surface area contributed by atoms with Gasteiger partial charge in [-0.2, -0.15) is 5.10 Å². The molecule has 2 fully saturated rings. The van der Waals surface area contributed by atoms with Crippen LogP contribution in [-0.2, 0) is 11.8 Å². The van der Waals surface area contributed by atoms with Crippen LogP contribution in [0.4, 0.5) is 11.5 Å². The number of aryl methyl sites for hydroxylation is 1. The molecule has 2 saturated heterocycles. The molecule has 1 aromatic carbocycles. The van der Waals surface area contributed by atoms with Crippen LogP contribution in [0.1, 0.15) is 36.1 Å². The zero-order valence-corrected chi connectivity index (χ0v) is 16.6.